The number of hydrogen-bond acceptors (Lipinski definition) is 1. The van der Waals surface area contributed by atoms with Gasteiger partial charge in [0.2, 0.25) is 0 Å². The summed E-state index contributed by atoms with van der Waals surface area (Å²) in [6.45, 7) is 3.79. The fourth-order valence-corrected chi connectivity index (χ4v) is 2.78. The zero-order valence-electron chi connectivity index (χ0n) is 8.10. The highest BCUT2D eigenvalue weighted by Gasteiger charge is 2.14. The zero-order valence-corrected chi connectivity index (χ0v) is 9.00. The topological polar surface area (TPSA) is 17.1 Å². The Morgan fingerprint density at radius 2 is 1.92 bits per heavy atom. The highest BCUT2D eigenvalue weighted by atomic mass is 31.2. The van der Waals surface area contributed by atoms with Crippen molar-refractivity contribution in [1.29, 1.82) is 0 Å². The van der Waals surface area contributed by atoms with Crippen molar-refractivity contribution in [1.82, 2.24) is 0 Å². The van der Waals surface area contributed by atoms with Gasteiger partial charge in [-0.15, -0.1) is 0 Å². The van der Waals surface area contributed by atoms with Gasteiger partial charge in [-0.05, 0) is 13.6 Å². The van der Waals surface area contributed by atoms with Crippen LogP contribution in [-0.2, 0) is 4.57 Å². The van der Waals surface area contributed by atoms with E-state index in [4.69, 9.17) is 0 Å². The molecule has 0 N–H and O–H groups in total. The first-order valence-corrected chi connectivity index (χ1v) is 6.74. The Labute approximate surface area is 79.9 Å². The molecule has 1 aromatic rings. The summed E-state index contributed by atoms with van der Waals surface area (Å²) in [5.74, 6) is 0. The van der Waals surface area contributed by atoms with Gasteiger partial charge in [0.1, 0.15) is 7.14 Å². The van der Waals surface area contributed by atoms with Crippen molar-refractivity contribution >= 4 is 12.4 Å². The largest absolute Gasteiger partial charge is 0.319 e. The molecule has 1 aromatic carbocycles. The maximum atomic E-state index is 12.1. The molecule has 0 saturated carbocycles. The molecule has 0 radical (unpaired) electrons. The molecule has 0 aliphatic rings. The lowest BCUT2D eigenvalue weighted by molar-refractivity contribution is 0.586. The molecule has 70 valence electrons. The third kappa shape index (κ3) is 2.86. The molecule has 0 saturated heterocycles. The smallest absolute Gasteiger partial charge is 0.116 e. The van der Waals surface area contributed by atoms with Crippen LogP contribution in [0.3, 0.4) is 0 Å². The van der Waals surface area contributed by atoms with Gasteiger partial charge < -0.3 is 4.57 Å². The Morgan fingerprint density at radius 3 is 2.46 bits per heavy atom. The van der Waals surface area contributed by atoms with Gasteiger partial charge in [0.05, 0.1) is 0 Å². The second kappa shape index (κ2) is 4.43. The molecule has 2 heteroatoms. The lowest BCUT2D eigenvalue weighted by atomic mass is 10.4. The molecule has 0 fully saturated rings. The van der Waals surface area contributed by atoms with Crippen molar-refractivity contribution in [2.24, 2.45) is 0 Å². The lowest BCUT2D eigenvalue weighted by Crippen LogP contribution is -2.04. The maximum Gasteiger partial charge on any atom is 0.116 e. The summed E-state index contributed by atoms with van der Waals surface area (Å²) in [5.41, 5.74) is 0. The second-order valence-electron chi connectivity index (χ2n) is 3.19. The Kier molecular flexibility index (Phi) is 3.50. The van der Waals surface area contributed by atoms with Crippen LogP contribution in [0.2, 0.25) is 0 Å². The van der Waals surface area contributed by atoms with E-state index in [-0.39, 0.29) is 0 Å². The predicted molar refractivity (Wildman–Crippen MR) is 59.3 cm³/mol. The Morgan fingerprint density at radius 1 is 1.31 bits per heavy atom. The van der Waals surface area contributed by atoms with E-state index in [2.05, 4.69) is 0 Å². The molecule has 1 atom stereocenters. The summed E-state index contributed by atoms with van der Waals surface area (Å²) in [6.07, 6.45) is 4.57. The molecule has 0 bridgehead atoms. The first-order valence-electron chi connectivity index (χ1n) is 4.40. The molecule has 0 amide bonds. The van der Waals surface area contributed by atoms with Crippen molar-refractivity contribution in [2.45, 2.75) is 6.92 Å². The van der Waals surface area contributed by atoms with Gasteiger partial charge >= 0.3 is 0 Å². The van der Waals surface area contributed by atoms with E-state index in [1.165, 1.54) is 0 Å². The summed E-state index contributed by atoms with van der Waals surface area (Å²) in [6, 6.07) is 9.68. The molecule has 0 unspecified atom stereocenters. The van der Waals surface area contributed by atoms with Crippen LogP contribution in [-0.4, -0.2) is 12.8 Å². The number of rotatable bonds is 3. The van der Waals surface area contributed by atoms with Crippen LogP contribution in [0.25, 0.3) is 0 Å². The van der Waals surface area contributed by atoms with E-state index in [1.54, 1.807) is 0 Å². The molecule has 0 heterocycles. The van der Waals surface area contributed by atoms with Crippen molar-refractivity contribution in [3.05, 3.63) is 42.5 Å². The van der Waals surface area contributed by atoms with Gasteiger partial charge in [-0.1, -0.05) is 42.5 Å². The van der Waals surface area contributed by atoms with Crippen molar-refractivity contribution in [3.63, 3.8) is 0 Å². The van der Waals surface area contributed by atoms with Gasteiger partial charge in [0, 0.05) is 11.5 Å². The summed E-state index contributed by atoms with van der Waals surface area (Å²) in [5, 5.41) is 0.966. The van der Waals surface area contributed by atoms with Crippen LogP contribution in [0.15, 0.2) is 42.5 Å². The molecule has 0 aromatic heterocycles. The molecular formula is C11H15OP. The minimum absolute atomic E-state index is 0.660. The van der Waals surface area contributed by atoms with E-state index in [1.807, 2.05) is 56.1 Å². The van der Waals surface area contributed by atoms with Crippen LogP contribution in [0.5, 0.6) is 0 Å². The van der Waals surface area contributed by atoms with Crippen LogP contribution in [0.4, 0.5) is 0 Å². The van der Waals surface area contributed by atoms with Crippen LogP contribution in [0.1, 0.15) is 6.92 Å². The fourth-order valence-electron chi connectivity index (χ4n) is 1.16. The Balaban J connectivity index is 2.88. The van der Waals surface area contributed by atoms with E-state index < -0.39 is 7.14 Å². The monoisotopic (exact) mass is 194 g/mol. The minimum atomic E-state index is -2.15. The van der Waals surface area contributed by atoms with Gasteiger partial charge in [0.25, 0.3) is 0 Å². The molecule has 1 nitrogen and oxygen atoms in total. The first-order chi connectivity index (χ1) is 6.17. The molecule has 0 spiro atoms. The number of allylic oxidation sites excluding steroid dienone is 2. The van der Waals surface area contributed by atoms with Gasteiger partial charge in [-0.25, -0.2) is 0 Å². The lowest BCUT2D eigenvalue weighted by Gasteiger charge is -2.10. The average molecular weight is 194 g/mol. The van der Waals surface area contributed by atoms with Crippen LogP contribution < -0.4 is 5.30 Å². The highest BCUT2D eigenvalue weighted by Crippen LogP contribution is 2.39. The SMILES string of the molecule is C/C=C\C[P@](C)(=O)c1ccccc1. The summed E-state index contributed by atoms with van der Waals surface area (Å²) in [7, 11) is -2.15. The molecule has 0 aliphatic carbocycles. The minimum Gasteiger partial charge on any atom is -0.319 e. The van der Waals surface area contributed by atoms with Gasteiger partial charge in [-0.2, -0.15) is 0 Å². The highest BCUT2D eigenvalue weighted by molar-refractivity contribution is 7.71. The quantitative estimate of drug-likeness (QED) is 0.534. The first kappa shape index (κ1) is 10.3. The molecular weight excluding hydrogens is 179 g/mol. The van der Waals surface area contributed by atoms with Crippen molar-refractivity contribution < 1.29 is 4.57 Å². The van der Waals surface area contributed by atoms with E-state index in [0.29, 0.717) is 6.16 Å². The third-order valence-electron chi connectivity index (χ3n) is 1.99. The maximum absolute atomic E-state index is 12.1. The summed E-state index contributed by atoms with van der Waals surface area (Å²) in [4.78, 5) is 0. The van der Waals surface area contributed by atoms with Gasteiger partial charge in [0.15, 0.2) is 0 Å². The van der Waals surface area contributed by atoms with Crippen LogP contribution in [0, 0.1) is 0 Å². The predicted octanol–water partition coefficient (Wildman–Crippen LogP) is 2.88. The van der Waals surface area contributed by atoms with Gasteiger partial charge in [-0.3, -0.25) is 0 Å². The Hall–Kier alpha value is -0.810. The third-order valence-corrected chi connectivity index (χ3v) is 4.29. The molecule has 0 aliphatic heterocycles. The van der Waals surface area contributed by atoms with E-state index >= 15 is 0 Å². The van der Waals surface area contributed by atoms with E-state index in [9.17, 15) is 4.57 Å². The second-order valence-corrected chi connectivity index (χ2v) is 6.27. The number of hydrogen-bond donors (Lipinski definition) is 0. The van der Waals surface area contributed by atoms with Crippen molar-refractivity contribution in [2.75, 3.05) is 12.8 Å². The number of benzene rings is 1. The van der Waals surface area contributed by atoms with Crippen LogP contribution >= 0.6 is 7.14 Å². The summed E-state index contributed by atoms with van der Waals surface area (Å²) < 4.78 is 12.1. The summed E-state index contributed by atoms with van der Waals surface area (Å²) >= 11 is 0. The standard InChI is InChI=1S/C11H15OP/c1-3-4-10-13(2,12)11-8-6-5-7-9-11/h3-9H,10H2,1-2H3/b4-3-/t13-/m0/s1. The fraction of sp³-hybridized carbons (Fsp3) is 0.273. The molecule has 1 rings (SSSR count). The Bertz CT molecular complexity index is 327. The van der Waals surface area contributed by atoms with E-state index in [0.717, 1.165) is 5.30 Å². The normalized spacial score (nSPS) is 15.8. The van der Waals surface area contributed by atoms with Crippen molar-refractivity contribution in [3.8, 4) is 0 Å². The molecule has 13 heavy (non-hydrogen) atoms. The zero-order chi connectivity index (χ0) is 9.73. The average Bonchev–Trinajstić information content (AvgIpc) is 2.16.